The van der Waals surface area contributed by atoms with E-state index < -0.39 is 0 Å². The van der Waals surface area contributed by atoms with Crippen LogP contribution in [0.5, 0.6) is 5.75 Å². The van der Waals surface area contributed by atoms with Gasteiger partial charge in [0.05, 0.1) is 18.3 Å². The molecule has 2 unspecified atom stereocenters. The van der Waals surface area contributed by atoms with Gasteiger partial charge >= 0.3 is 5.97 Å². The number of carbonyl (C=O) groups excluding carboxylic acids is 1. The lowest BCUT2D eigenvalue weighted by Gasteiger charge is -2.28. The molecule has 0 fully saturated rings. The maximum atomic E-state index is 11.6. The number of benzene rings is 1. The van der Waals surface area contributed by atoms with Gasteiger partial charge in [-0.1, -0.05) is 6.07 Å². The van der Waals surface area contributed by atoms with E-state index in [2.05, 4.69) is 0 Å². The lowest BCUT2D eigenvalue weighted by atomic mass is 9.96. The molecule has 17 heavy (non-hydrogen) atoms. The van der Waals surface area contributed by atoms with Crippen LogP contribution in [0, 0.1) is 0 Å². The SMILES string of the molecule is CCOC(=O)c1ccc2c(c1)OC(C)CC2N. The third-order valence-electron chi connectivity index (χ3n) is 2.84. The molecule has 0 aliphatic carbocycles. The van der Waals surface area contributed by atoms with Crippen LogP contribution < -0.4 is 10.5 Å². The maximum Gasteiger partial charge on any atom is 0.338 e. The van der Waals surface area contributed by atoms with Gasteiger partial charge in [0.15, 0.2) is 0 Å². The van der Waals surface area contributed by atoms with Crippen LogP contribution in [-0.4, -0.2) is 18.7 Å². The van der Waals surface area contributed by atoms with Crippen LogP contribution in [0.25, 0.3) is 0 Å². The number of rotatable bonds is 2. The van der Waals surface area contributed by atoms with Crippen LogP contribution in [0.2, 0.25) is 0 Å². The van der Waals surface area contributed by atoms with Crippen molar-refractivity contribution in [2.75, 3.05) is 6.61 Å². The summed E-state index contributed by atoms with van der Waals surface area (Å²) >= 11 is 0. The quantitative estimate of drug-likeness (QED) is 0.797. The van der Waals surface area contributed by atoms with E-state index in [4.69, 9.17) is 15.2 Å². The Morgan fingerprint density at radius 3 is 3.06 bits per heavy atom. The predicted octanol–water partition coefficient (Wildman–Crippen LogP) is 2.03. The standard InChI is InChI=1S/C13H17NO3/c1-3-16-13(15)9-4-5-10-11(14)6-8(2)17-12(10)7-9/h4-5,7-8,11H,3,6,14H2,1-2H3. The fraction of sp³-hybridized carbons (Fsp3) is 0.462. The summed E-state index contributed by atoms with van der Waals surface area (Å²) in [6.07, 6.45) is 0.876. The third-order valence-corrected chi connectivity index (χ3v) is 2.84. The van der Waals surface area contributed by atoms with Crippen LogP contribution in [-0.2, 0) is 4.74 Å². The summed E-state index contributed by atoms with van der Waals surface area (Å²) in [5.74, 6) is 0.368. The van der Waals surface area contributed by atoms with Gasteiger partial charge in [0, 0.05) is 18.0 Å². The van der Waals surface area contributed by atoms with Gasteiger partial charge in [0.2, 0.25) is 0 Å². The first kappa shape index (κ1) is 11.9. The Bertz CT molecular complexity index is 431. The summed E-state index contributed by atoms with van der Waals surface area (Å²) < 4.78 is 10.6. The molecule has 0 spiro atoms. The molecule has 0 amide bonds. The average Bonchev–Trinajstić information content (AvgIpc) is 2.28. The maximum absolute atomic E-state index is 11.6. The first-order valence-corrected chi connectivity index (χ1v) is 5.85. The van der Waals surface area contributed by atoms with E-state index in [9.17, 15) is 4.79 Å². The molecular weight excluding hydrogens is 218 g/mol. The molecule has 0 saturated carbocycles. The molecule has 1 aromatic carbocycles. The normalized spacial score (nSPS) is 22.5. The van der Waals surface area contributed by atoms with Gasteiger partial charge < -0.3 is 15.2 Å². The second kappa shape index (κ2) is 4.75. The molecule has 4 nitrogen and oxygen atoms in total. The minimum atomic E-state index is -0.328. The van der Waals surface area contributed by atoms with Crippen molar-refractivity contribution in [2.45, 2.75) is 32.4 Å². The minimum absolute atomic E-state index is 0.0232. The van der Waals surface area contributed by atoms with Gasteiger partial charge in [0.1, 0.15) is 5.75 Å². The van der Waals surface area contributed by atoms with Crippen LogP contribution in [0.15, 0.2) is 18.2 Å². The molecule has 0 radical (unpaired) electrons. The highest BCUT2D eigenvalue weighted by molar-refractivity contribution is 5.90. The Hall–Kier alpha value is -1.55. The van der Waals surface area contributed by atoms with Gasteiger partial charge in [-0.05, 0) is 26.0 Å². The molecule has 0 saturated heterocycles. The molecule has 1 aromatic rings. The van der Waals surface area contributed by atoms with E-state index in [0.29, 0.717) is 17.9 Å². The van der Waals surface area contributed by atoms with Crippen LogP contribution in [0.4, 0.5) is 0 Å². The zero-order chi connectivity index (χ0) is 12.4. The summed E-state index contributed by atoms with van der Waals surface area (Å²) in [6, 6.07) is 5.27. The third kappa shape index (κ3) is 2.42. The minimum Gasteiger partial charge on any atom is -0.490 e. The van der Waals surface area contributed by atoms with E-state index in [-0.39, 0.29) is 18.1 Å². The van der Waals surface area contributed by atoms with Gasteiger partial charge in [-0.25, -0.2) is 4.79 Å². The lowest BCUT2D eigenvalue weighted by Crippen LogP contribution is -2.27. The van der Waals surface area contributed by atoms with E-state index in [1.54, 1.807) is 19.1 Å². The number of nitrogens with two attached hydrogens (primary N) is 1. The molecule has 0 bridgehead atoms. The van der Waals surface area contributed by atoms with Crippen molar-refractivity contribution in [3.8, 4) is 5.75 Å². The molecule has 1 aliphatic rings. The van der Waals surface area contributed by atoms with Crippen molar-refractivity contribution in [1.82, 2.24) is 0 Å². The van der Waals surface area contributed by atoms with E-state index in [0.717, 1.165) is 12.0 Å². The summed E-state index contributed by atoms with van der Waals surface area (Å²) in [7, 11) is 0. The highest BCUT2D eigenvalue weighted by atomic mass is 16.5. The van der Waals surface area contributed by atoms with Crippen LogP contribution >= 0.6 is 0 Å². The topological polar surface area (TPSA) is 61.5 Å². The second-order valence-electron chi connectivity index (χ2n) is 4.24. The van der Waals surface area contributed by atoms with Crippen molar-refractivity contribution in [1.29, 1.82) is 0 Å². The first-order valence-electron chi connectivity index (χ1n) is 5.85. The molecule has 92 valence electrons. The van der Waals surface area contributed by atoms with Gasteiger partial charge in [-0.2, -0.15) is 0 Å². The molecule has 2 atom stereocenters. The Morgan fingerprint density at radius 1 is 1.59 bits per heavy atom. The van der Waals surface area contributed by atoms with Crippen molar-refractivity contribution in [3.63, 3.8) is 0 Å². The second-order valence-corrected chi connectivity index (χ2v) is 4.24. The zero-order valence-corrected chi connectivity index (χ0v) is 10.1. The van der Waals surface area contributed by atoms with Crippen molar-refractivity contribution >= 4 is 5.97 Å². The molecule has 1 heterocycles. The molecule has 4 heteroatoms. The Kier molecular flexibility index (Phi) is 3.33. The molecule has 1 aliphatic heterocycles. The predicted molar refractivity (Wildman–Crippen MR) is 64.0 cm³/mol. The van der Waals surface area contributed by atoms with Gasteiger partial charge in [-0.3, -0.25) is 0 Å². The number of hydrogen-bond donors (Lipinski definition) is 1. The molecular formula is C13H17NO3. The summed E-state index contributed by atoms with van der Waals surface area (Å²) in [5.41, 5.74) is 7.49. The van der Waals surface area contributed by atoms with Gasteiger partial charge in [-0.15, -0.1) is 0 Å². The highest BCUT2D eigenvalue weighted by Crippen LogP contribution is 2.34. The van der Waals surface area contributed by atoms with E-state index >= 15 is 0 Å². The monoisotopic (exact) mass is 235 g/mol. The number of fused-ring (bicyclic) bond motifs is 1. The Morgan fingerprint density at radius 2 is 2.35 bits per heavy atom. The molecule has 2 rings (SSSR count). The van der Waals surface area contributed by atoms with E-state index in [1.165, 1.54) is 0 Å². The largest absolute Gasteiger partial charge is 0.490 e. The number of carbonyl (C=O) groups is 1. The molecule has 0 aromatic heterocycles. The van der Waals surface area contributed by atoms with E-state index in [1.807, 2.05) is 13.0 Å². The highest BCUT2D eigenvalue weighted by Gasteiger charge is 2.24. The van der Waals surface area contributed by atoms with Crippen molar-refractivity contribution in [3.05, 3.63) is 29.3 Å². The zero-order valence-electron chi connectivity index (χ0n) is 10.1. The van der Waals surface area contributed by atoms with Crippen LogP contribution in [0.1, 0.15) is 42.2 Å². The smallest absolute Gasteiger partial charge is 0.338 e. The first-order chi connectivity index (χ1) is 8.11. The summed E-state index contributed by atoms with van der Waals surface area (Å²) in [4.78, 5) is 11.6. The number of esters is 1. The van der Waals surface area contributed by atoms with Crippen LogP contribution in [0.3, 0.4) is 0 Å². The van der Waals surface area contributed by atoms with Gasteiger partial charge in [0.25, 0.3) is 0 Å². The Labute approximate surface area is 101 Å². The lowest BCUT2D eigenvalue weighted by molar-refractivity contribution is 0.0525. The fourth-order valence-electron chi connectivity index (χ4n) is 2.03. The average molecular weight is 235 g/mol. The Balaban J connectivity index is 2.30. The summed E-state index contributed by atoms with van der Waals surface area (Å²) in [5, 5.41) is 0. The van der Waals surface area contributed by atoms with Crippen molar-refractivity contribution in [2.24, 2.45) is 5.73 Å². The number of hydrogen-bond acceptors (Lipinski definition) is 4. The summed E-state index contributed by atoms with van der Waals surface area (Å²) in [6.45, 7) is 4.12. The molecule has 2 N–H and O–H groups in total. The van der Waals surface area contributed by atoms with Crippen molar-refractivity contribution < 1.29 is 14.3 Å². The fourth-order valence-corrected chi connectivity index (χ4v) is 2.03. The number of ether oxygens (including phenoxy) is 2.